The van der Waals surface area contributed by atoms with E-state index in [0.29, 0.717) is 12.8 Å². The fourth-order valence-electron chi connectivity index (χ4n) is 4.03. The first kappa shape index (κ1) is 21.5. The molecule has 0 aromatic heterocycles. The van der Waals surface area contributed by atoms with Crippen LogP contribution in [0.4, 0.5) is 9.59 Å². The second-order valence-electron chi connectivity index (χ2n) is 7.74. The van der Waals surface area contributed by atoms with Crippen LogP contribution in [0.1, 0.15) is 48.9 Å². The van der Waals surface area contributed by atoms with Crippen LogP contribution < -0.4 is 0 Å². The van der Waals surface area contributed by atoms with Gasteiger partial charge in [-0.05, 0) is 24.0 Å². The van der Waals surface area contributed by atoms with Crippen LogP contribution in [-0.4, -0.2) is 47.0 Å². The molecule has 0 bridgehead atoms. The topological polar surface area (TPSA) is 93.2 Å². The Morgan fingerprint density at radius 3 is 1.44 bits per heavy atom. The predicted octanol–water partition coefficient (Wildman–Crippen LogP) is 3.99. The molecule has 2 aromatic carbocycles. The third-order valence-electron chi connectivity index (χ3n) is 5.68. The highest BCUT2D eigenvalue weighted by molar-refractivity contribution is 5.94. The van der Waals surface area contributed by atoms with Crippen LogP contribution in [0.15, 0.2) is 60.7 Å². The van der Waals surface area contributed by atoms with Crippen molar-refractivity contribution >= 4 is 24.0 Å². The zero-order chi connectivity index (χ0) is 22.5. The number of hydrogen-bond donors (Lipinski definition) is 0. The van der Waals surface area contributed by atoms with Crippen LogP contribution in [0.3, 0.4) is 0 Å². The predicted molar refractivity (Wildman–Crippen MR) is 113 cm³/mol. The van der Waals surface area contributed by atoms with Gasteiger partial charge in [-0.3, -0.25) is 9.59 Å². The maximum Gasteiger partial charge on any atom is 0.417 e. The summed E-state index contributed by atoms with van der Waals surface area (Å²) >= 11 is 0. The molecule has 32 heavy (non-hydrogen) atoms. The van der Waals surface area contributed by atoms with E-state index in [1.807, 2.05) is 60.7 Å². The van der Waals surface area contributed by atoms with Crippen molar-refractivity contribution in [1.82, 2.24) is 9.80 Å². The van der Waals surface area contributed by atoms with E-state index in [-0.39, 0.29) is 37.9 Å². The summed E-state index contributed by atoms with van der Waals surface area (Å²) in [6.45, 7) is 0.260. The Bertz CT molecular complexity index is 913. The number of amides is 4. The van der Waals surface area contributed by atoms with Crippen molar-refractivity contribution in [2.45, 2.75) is 37.8 Å². The van der Waals surface area contributed by atoms with Gasteiger partial charge in [-0.15, -0.1) is 0 Å². The number of carbonyl (C=O) groups excluding carboxylic acids is 4. The zero-order valence-electron chi connectivity index (χ0n) is 17.5. The standard InChI is InChI=1S/C24H24N2O6/c27-21(25-19(15-31-23(25)29)17-9-3-1-4-10-17)13-7-8-14-22(28)26-20(16-32-24(26)30)18-11-5-2-6-12-18/h1-6,9-12,19-20H,7-8,13-16H2. The molecule has 4 amide bonds. The summed E-state index contributed by atoms with van der Waals surface area (Å²) in [6, 6.07) is 17.6. The minimum absolute atomic E-state index is 0.109. The minimum atomic E-state index is -0.648. The van der Waals surface area contributed by atoms with E-state index in [1.54, 1.807) is 0 Å². The van der Waals surface area contributed by atoms with Crippen LogP contribution in [0.2, 0.25) is 0 Å². The lowest BCUT2D eigenvalue weighted by Crippen LogP contribution is -2.34. The summed E-state index contributed by atoms with van der Waals surface area (Å²) in [7, 11) is 0. The number of unbranched alkanes of at least 4 members (excludes halogenated alkanes) is 1. The summed E-state index contributed by atoms with van der Waals surface area (Å²) in [5.41, 5.74) is 1.67. The molecule has 8 nitrogen and oxygen atoms in total. The Labute approximate surface area is 185 Å². The van der Waals surface area contributed by atoms with E-state index in [1.165, 1.54) is 0 Å². The highest BCUT2D eigenvalue weighted by Gasteiger charge is 2.39. The fourth-order valence-corrected chi connectivity index (χ4v) is 4.03. The SMILES string of the molecule is O=C(CCCCC(=O)N1C(=O)OCC1c1ccccc1)N1C(=O)OCC1c1ccccc1. The summed E-state index contributed by atoms with van der Waals surface area (Å²) in [5.74, 6) is -0.673. The molecule has 2 aliphatic rings. The van der Waals surface area contributed by atoms with E-state index in [4.69, 9.17) is 9.47 Å². The highest BCUT2D eigenvalue weighted by atomic mass is 16.6. The molecule has 4 rings (SSSR count). The van der Waals surface area contributed by atoms with Gasteiger partial charge < -0.3 is 9.47 Å². The van der Waals surface area contributed by atoms with Gasteiger partial charge in [-0.2, -0.15) is 0 Å². The van der Waals surface area contributed by atoms with Crippen molar-refractivity contribution in [2.75, 3.05) is 13.2 Å². The molecule has 2 unspecified atom stereocenters. The van der Waals surface area contributed by atoms with Gasteiger partial charge >= 0.3 is 12.2 Å². The quantitative estimate of drug-likeness (QED) is 0.610. The molecule has 2 heterocycles. The third kappa shape index (κ3) is 4.49. The average molecular weight is 436 g/mol. The smallest absolute Gasteiger partial charge is 0.417 e. The fraction of sp³-hybridized carbons (Fsp3) is 0.333. The van der Waals surface area contributed by atoms with Gasteiger partial charge in [-0.1, -0.05) is 60.7 Å². The van der Waals surface area contributed by atoms with Gasteiger partial charge in [0.1, 0.15) is 25.3 Å². The van der Waals surface area contributed by atoms with Crippen molar-refractivity contribution in [3.8, 4) is 0 Å². The number of ether oxygens (including phenoxy) is 2. The molecule has 166 valence electrons. The molecular weight excluding hydrogens is 412 g/mol. The summed E-state index contributed by atoms with van der Waals surface area (Å²) in [6.07, 6.45) is -0.254. The van der Waals surface area contributed by atoms with Gasteiger partial charge in [0.15, 0.2) is 0 Å². The van der Waals surface area contributed by atoms with Gasteiger partial charge in [-0.25, -0.2) is 19.4 Å². The summed E-state index contributed by atoms with van der Waals surface area (Å²) in [4.78, 5) is 51.9. The Hall–Kier alpha value is -3.68. The van der Waals surface area contributed by atoms with E-state index >= 15 is 0 Å². The lowest BCUT2D eigenvalue weighted by atomic mass is 10.1. The minimum Gasteiger partial charge on any atom is -0.446 e. The monoisotopic (exact) mass is 436 g/mol. The Morgan fingerprint density at radius 2 is 1.06 bits per heavy atom. The van der Waals surface area contributed by atoms with E-state index in [0.717, 1.165) is 20.9 Å². The molecule has 2 atom stereocenters. The van der Waals surface area contributed by atoms with E-state index in [9.17, 15) is 19.2 Å². The Kier molecular flexibility index (Phi) is 6.49. The van der Waals surface area contributed by atoms with Crippen LogP contribution in [0, 0.1) is 0 Å². The van der Waals surface area contributed by atoms with Crippen molar-refractivity contribution < 1.29 is 28.7 Å². The van der Waals surface area contributed by atoms with Crippen LogP contribution in [0.25, 0.3) is 0 Å². The lowest BCUT2D eigenvalue weighted by Gasteiger charge is -2.21. The Morgan fingerprint density at radius 1 is 0.688 bits per heavy atom. The maximum absolute atomic E-state index is 12.7. The number of rotatable bonds is 7. The normalized spacial score (nSPS) is 20.2. The van der Waals surface area contributed by atoms with E-state index < -0.39 is 24.3 Å². The number of benzene rings is 2. The number of imide groups is 2. The largest absolute Gasteiger partial charge is 0.446 e. The molecule has 2 aromatic rings. The lowest BCUT2D eigenvalue weighted by molar-refractivity contribution is -0.131. The van der Waals surface area contributed by atoms with Gasteiger partial charge in [0.25, 0.3) is 0 Å². The van der Waals surface area contributed by atoms with Crippen LogP contribution in [0.5, 0.6) is 0 Å². The molecular formula is C24H24N2O6. The van der Waals surface area contributed by atoms with Gasteiger partial charge in [0.2, 0.25) is 11.8 Å². The first-order chi connectivity index (χ1) is 15.6. The number of cyclic esters (lactones) is 2. The second-order valence-corrected chi connectivity index (χ2v) is 7.74. The first-order valence-corrected chi connectivity index (χ1v) is 10.6. The molecule has 8 heteroatoms. The molecule has 0 aliphatic carbocycles. The van der Waals surface area contributed by atoms with Crippen molar-refractivity contribution in [2.24, 2.45) is 0 Å². The summed E-state index contributed by atoms with van der Waals surface area (Å²) < 4.78 is 10.2. The maximum atomic E-state index is 12.7. The summed E-state index contributed by atoms with van der Waals surface area (Å²) in [5, 5.41) is 0. The molecule has 2 fully saturated rings. The van der Waals surface area contributed by atoms with Crippen LogP contribution in [-0.2, 0) is 19.1 Å². The van der Waals surface area contributed by atoms with Crippen molar-refractivity contribution in [3.05, 3.63) is 71.8 Å². The molecule has 0 radical (unpaired) electrons. The zero-order valence-corrected chi connectivity index (χ0v) is 17.5. The molecule has 0 N–H and O–H groups in total. The first-order valence-electron chi connectivity index (χ1n) is 10.6. The van der Waals surface area contributed by atoms with Crippen molar-refractivity contribution in [3.63, 3.8) is 0 Å². The van der Waals surface area contributed by atoms with Gasteiger partial charge in [0.05, 0.1) is 0 Å². The number of carbonyl (C=O) groups is 4. The highest BCUT2D eigenvalue weighted by Crippen LogP contribution is 2.30. The third-order valence-corrected chi connectivity index (χ3v) is 5.68. The molecule has 2 aliphatic heterocycles. The number of hydrogen-bond acceptors (Lipinski definition) is 6. The van der Waals surface area contributed by atoms with Gasteiger partial charge in [0, 0.05) is 12.8 Å². The molecule has 0 saturated carbocycles. The molecule has 0 spiro atoms. The second kappa shape index (κ2) is 9.64. The number of nitrogens with zero attached hydrogens (tertiary/aromatic N) is 2. The average Bonchev–Trinajstić information content (AvgIpc) is 3.40. The molecule has 2 saturated heterocycles. The Balaban J connectivity index is 1.30. The van der Waals surface area contributed by atoms with E-state index in [2.05, 4.69) is 0 Å². The van der Waals surface area contributed by atoms with Crippen molar-refractivity contribution in [1.29, 1.82) is 0 Å². The van der Waals surface area contributed by atoms with Crippen LogP contribution >= 0.6 is 0 Å².